The molecule has 37 heavy (non-hydrogen) atoms. The van der Waals surface area contributed by atoms with Crippen LogP contribution in [0.4, 0.5) is 11.5 Å². The zero-order chi connectivity index (χ0) is 27.0. The lowest BCUT2D eigenvalue weighted by Gasteiger charge is -2.35. The number of anilines is 2. The molecular weight excluding hydrogens is 482 g/mol. The van der Waals surface area contributed by atoms with Crippen LogP contribution in [0.15, 0.2) is 24.3 Å². The van der Waals surface area contributed by atoms with E-state index in [4.69, 9.17) is 14.9 Å². The number of nitrogen functional groups attached to an aromatic ring is 1. The number of hydrogen-bond acceptors (Lipinski definition) is 6. The molecule has 0 spiro atoms. The predicted octanol–water partition coefficient (Wildman–Crippen LogP) is 5.36. The van der Waals surface area contributed by atoms with Gasteiger partial charge in [0, 0.05) is 18.4 Å². The van der Waals surface area contributed by atoms with Crippen LogP contribution >= 0.6 is 0 Å². The molecule has 9 heteroatoms. The molecule has 1 amide bonds. The van der Waals surface area contributed by atoms with Crippen molar-refractivity contribution in [3.63, 3.8) is 0 Å². The first-order chi connectivity index (χ1) is 17.3. The van der Waals surface area contributed by atoms with Crippen LogP contribution < -0.4 is 11.1 Å². The smallest absolute Gasteiger partial charge is 0.293 e. The van der Waals surface area contributed by atoms with Crippen molar-refractivity contribution in [3.05, 3.63) is 46.9 Å². The minimum atomic E-state index is -1.89. The molecule has 1 fully saturated rings. The number of hydrogen-bond donors (Lipinski definition) is 3. The maximum atomic E-state index is 12.9. The molecule has 2 aromatic heterocycles. The molecule has 0 radical (unpaired) electrons. The van der Waals surface area contributed by atoms with Crippen LogP contribution in [0, 0.1) is 11.8 Å². The fourth-order valence-electron chi connectivity index (χ4n) is 3.95. The molecule has 0 unspecified atom stereocenters. The molecule has 4 rings (SSSR count). The maximum absolute atomic E-state index is 12.9. The number of nitrogens with two attached hydrogens (primary N) is 1. The second kappa shape index (κ2) is 9.93. The fraction of sp³-hybridized carbons (Fsp3) is 0.464. The summed E-state index contributed by atoms with van der Waals surface area (Å²) in [7, 11) is -0.245. The van der Waals surface area contributed by atoms with Crippen molar-refractivity contribution in [2.24, 2.45) is 0 Å². The lowest BCUT2D eigenvalue weighted by atomic mass is 9.95. The van der Waals surface area contributed by atoms with Gasteiger partial charge in [-0.15, -0.1) is 0 Å². The van der Waals surface area contributed by atoms with Crippen molar-refractivity contribution in [2.75, 3.05) is 24.8 Å². The van der Waals surface area contributed by atoms with Crippen molar-refractivity contribution in [3.8, 4) is 11.8 Å². The molecule has 1 saturated carbocycles. The highest BCUT2D eigenvalue weighted by Crippen LogP contribution is 2.51. The van der Waals surface area contributed by atoms with E-state index in [2.05, 4.69) is 72.9 Å². The van der Waals surface area contributed by atoms with Gasteiger partial charge in [0.15, 0.2) is 8.32 Å². The van der Waals surface area contributed by atoms with Gasteiger partial charge in [0.05, 0.1) is 24.3 Å². The first-order valence-corrected chi connectivity index (χ1v) is 15.5. The molecule has 8 nitrogen and oxygen atoms in total. The number of aromatic amines is 1. The highest BCUT2D eigenvalue weighted by molar-refractivity contribution is 6.74. The minimum absolute atomic E-state index is 0.000451. The third kappa shape index (κ3) is 5.72. The third-order valence-corrected chi connectivity index (χ3v) is 12.0. The van der Waals surface area contributed by atoms with Crippen LogP contribution in [0.5, 0.6) is 0 Å². The Bertz CT molecular complexity index is 1370. The van der Waals surface area contributed by atoms with E-state index in [1.54, 1.807) is 7.11 Å². The summed E-state index contributed by atoms with van der Waals surface area (Å²) in [6, 6.07) is 7.42. The Morgan fingerprint density at radius 1 is 1.22 bits per heavy atom. The number of methoxy groups -OCH3 is 1. The van der Waals surface area contributed by atoms with E-state index in [-0.39, 0.29) is 22.1 Å². The van der Waals surface area contributed by atoms with E-state index < -0.39 is 14.2 Å². The molecule has 1 aliphatic rings. The molecule has 2 heterocycles. The van der Waals surface area contributed by atoms with E-state index in [1.165, 1.54) is 0 Å². The summed E-state index contributed by atoms with van der Waals surface area (Å²) in [4.78, 5) is 25.1. The van der Waals surface area contributed by atoms with Crippen LogP contribution in [0.3, 0.4) is 0 Å². The minimum Gasteiger partial charge on any atom is -0.406 e. The van der Waals surface area contributed by atoms with Crippen molar-refractivity contribution in [2.45, 2.75) is 70.7 Å². The molecule has 0 saturated heterocycles. The van der Waals surface area contributed by atoms with Gasteiger partial charge in [-0.3, -0.25) is 4.79 Å². The number of carbonyl (C=O) groups excluding carboxylic acids is 1. The van der Waals surface area contributed by atoms with Gasteiger partial charge in [-0.2, -0.15) is 0 Å². The van der Waals surface area contributed by atoms with Crippen LogP contribution in [0.25, 0.3) is 11.0 Å². The molecule has 0 atom stereocenters. The van der Waals surface area contributed by atoms with E-state index in [0.29, 0.717) is 24.5 Å². The zero-order valence-electron chi connectivity index (χ0n) is 22.8. The Labute approximate surface area is 219 Å². The summed E-state index contributed by atoms with van der Waals surface area (Å²) in [6.45, 7) is 14.1. The summed E-state index contributed by atoms with van der Waals surface area (Å²) in [5.41, 5.74) is 10.3. The number of ether oxygens (including phenoxy) is 1. The highest BCUT2D eigenvalue weighted by atomic mass is 28.4. The average molecular weight is 520 g/mol. The Balaban J connectivity index is 1.61. The lowest BCUT2D eigenvalue weighted by Crippen LogP contribution is -2.40. The van der Waals surface area contributed by atoms with E-state index in [1.807, 2.05) is 24.3 Å². The number of carbonyl (C=O) groups is 1. The molecule has 0 aliphatic heterocycles. The zero-order valence-corrected chi connectivity index (χ0v) is 23.8. The molecule has 1 aromatic carbocycles. The maximum Gasteiger partial charge on any atom is 0.293 e. The van der Waals surface area contributed by atoms with Crippen LogP contribution in [0.1, 0.15) is 68.0 Å². The van der Waals surface area contributed by atoms with Gasteiger partial charge >= 0.3 is 0 Å². The monoisotopic (exact) mass is 519 g/mol. The summed E-state index contributed by atoms with van der Waals surface area (Å²) in [5, 5.41) is 3.70. The third-order valence-electron chi connectivity index (χ3n) is 7.53. The largest absolute Gasteiger partial charge is 0.406 e. The second-order valence-electron chi connectivity index (χ2n) is 11.5. The van der Waals surface area contributed by atoms with Crippen molar-refractivity contribution < 1.29 is 14.0 Å². The molecule has 1 aliphatic carbocycles. The fourth-order valence-corrected chi connectivity index (χ4v) is 4.82. The molecule has 0 bridgehead atoms. The quantitative estimate of drug-likeness (QED) is 0.286. The topological polar surface area (TPSA) is 115 Å². The van der Waals surface area contributed by atoms with Gasteiger partial charge < -0.3 is 25.2 Å². The molecular formula is C28H37N5O3Si. The van der Waals surface area contributed by atoms with E-state index >= 15 is 0 Å². The number of fused-ring (bicyclic) bond motifs is 1. The Kier molecular flexibility index (Phi) is 7.21. The van der Waals surface area contributed by atoms with Crippen molar-refractivity contribution >= 4 is 36.8 Å². The molecule has 4 N–H and O–H groups in total. The Morgan fingerprint density at radius 3 is 2.49 bits per heavy atom. The Hall–Kier alpha value is -3.19. The van der Waals surface area contributed by atoms with Gasteiger partial charge in [0.1, 0.15) is 11.5 Å². The number of H-pyrrole nitrogens is 1. The summed E-state index contributed by atoms with van der Waals surface area (Å²) >= 11 is 0. The summed E-state index contributed by atoms with van der Waals surface area (Å²) < 4.78 is 11.4. The Morgan fingerprint density at radius 2 is 1.89 bits per heavy atom. The predicted molar refractivity (Wildman–Crippen MR) is 150 cm³/mol. The molecule has 196 valence electrons. The van der Waals surface area contributed by atoms with Crippen LogP contribution in [-0.2, 0) is 21.2 Å². The first kappa shape index (κ1) is 26.9. The number of nitrogens with zero attached hydrogens (tertiary/aromatic N) is 2. The van der Waals surface area contributed by atoms with Gasteiger partial charge in [-0.25, -0.2) is 9.97 Å². The van der Waals surface area contributed by atoms with Gasteiger partial charge in [-0.1, -0.05) is 45.7 Å². The van der Waals surface area contributed by atoms with E-state index in [0.717, 1.165) is 35.0 Å². The van der Waals surface area contributed by atoms with Crippen LogP contribution in [-0.4, -0.2) is 42.9 Å². The number of aromatic nitrogens is 3. The highest BCUT2D eigenvalue weighted by Gasteiger charge is 2.44. The number of rotatable bonds is 7. The van der Waals surface area contributed by atoms with Gasteiger partial charge in [-0.05, 0) is 60.0 Å². The van der Waals surface area contributed by atoms with Crippen molar-refractivity contribution in [1.29, 1.82) is 0 Å². The normalized spacial score (nSPS) is 14.8. The van der Waals surface area contributed by atoms with Gasteiger partial charge in [0.25, 0.3) is 5.91 Å². The summed E-state index contributed by atoms with van der Waals surface area (Å²) in [5.74, 6) is 6.29. The number of benzene rings is 1. The van der Waals surface area contributed by atoms with Crippen molar-refractivity contribution in [1.82, 2.24) is 15.0 Å². The first-order valence-electron chi connectivity index (χ1n) is 12.6. The van der Waals surface area contributed by atoms with Crippen LogP contribution in [0.2, 0.25) is 18.1 Å². The van der Waals surface area contributed by atoms with E-state index in [9.17, 15) is 4.79 Å². The number of amides is 1. The lowest BCUT2D eigenvalue weighted by molar-refractivity contribution is 0.101. The molecule has 3 aromatic rings. The number of nitrogens with one attached hydrogen (secondary N) is 2. The standard InChI is InChI=1S/C28H37N5O3Si/c1-27(2,3)37(6,7)36-16-8-9-20-22(28(4)14-15-28)21-23(29)32-25(33-24(21)31-20)26(34)30-19-12-10-18(11-13-19)17-35-5/h10-13H,14-17H2,1-7H3,(H,30,34)(H3,29,31,32,33). The summed E-state index contributed by atoms with van der Waals surface area (Å²) in [6.07, 6.45) is 2.08. The second-order valence-corrected chi connectivity index (χ2v) is 16.3. The average Bonchev–Trinajstić information content (AvgIpc) is 3.44. The van der Waals surface area contributed by atoms with Gasteiger partial charge in [0.2, 0.25) is 5.82 Å². The SMILES string of the molecule is COCc1ccc(NC(=O)c2nc(N)c3c(C4(C)CC4)c(C#CCO[Si](C)(C)C(C)(C)C)[nH]c3n2)cc1.